The van der Waals surface area contributed by atoms with Gasteiger partial charge in [0.15, 0.2) is 0 Å². The molecule has 0 saturated carbocycles. The summed E-state index contributed by atoms with van der Waals surface area (Å²) in [5.74, 6) is 2.08. The Balaban J connectivity index is 1.58. The number of carboxylic acids is 1. The minimum atomic E-state index is -0.714. The first-order chi connectivity index (χ1) is 15.5. The molecule has 32 heavy (non-hydrogen) atoms. The van der Waals surface area contributed by atoms with Gasteiger partial charge in [-0.25, -0.2) is 0 Å². The number of nitrogens with zero attached hydrogens (tertiary/aromatic N) is 2. The molecule has 0 aliphatic carbocycles. The lowest BCUT2D eigenvalue weighted by atomic mass is 9.81. The van der Waals surface area contributed by atoms with E-state index < -0.39 is 12.1 Å². The number of aliphatic hydroxyl groups is 1. The van der Waals surface area contributed by atoms with E-state index in [2.05, 4.69) is 16.8 Å². The number of hydrogen-bond donors (Lipinski definition) is 2. The molecule has 176 valence electrons. The molecule has 0 bridgehead atoms. The Morgan fingerprint density at radius 3 is 2.94 bits per heavy atom. The van der Waals surface area contributed by atoms with E-state index in [1.807, 2.05) is 36.0 Å². The van der Waals surface area contributed by atoms with E-state index in [0.717, 1.165) is 53.9 Å². The van der Waals surface area contributed by atoms with Crippen LogP contribution in [0.1, 0.15) is 50.7 Å². The third-order valence-electron chi connectivity index (χ3n) is 6.42. The number of aliphatic carboxylic acids is 1. The SMILES string of the molecule is CCCSCCCN1CC[C@@H](CCC(O)c2ccnc3ccc(OC)cc23)[C@@H](C(=O)O)C1. The van der Waals surface area contributed by atoms with Gasteiger partial charge in [-0.3, -0.25) is 9.78 Å². The topological polar surface area (TPSA) is 82.9 Å². The zero-order valence-electron chi connectivity index (χ0n) is 19.2. The van der Waals surface area contributed by atoms with Crippen LogP contribution in [0.2, 0.25) is 0 Å². The number of pyridine rings is 1. The monoisotopic (exact) mass is 460 g/mol. The maximum absolute atomic E-state index is 12.0. The number of fused-ring (bicyclic) bond motifs is 1. The standard InChI is InChI=1S/C25H36N2O4S/c1-3-14-32-15-4-12-27-13-10-18(22(17-27)25(29)30)5-8-24(28)20-9-11-26-23-7-6-19(31-2)16-21(20)23/h6-7,9,11,16,18,22,24,28H,3-5,8,10,12-15,17H2,1-2H3,(H,29,30)/t18-,22+,24?/m1/s1. The fraction of sp³-hybridized carbons (Fsp3) is 0.600. The van der Waals surface area contributed by atoms with E-state index in [0.29, 0.717) is 19.4 Å². The van der Waals surface area contributed by atoms with Crippen molar-refractivity contribution in [2.24, 2.45) is 11.8 Å². The van der Waals surface area contributed by atoms with Gasteiger partial charge in [0, 0.05) is 18.1 Å². The van der Waals surface area contributed by atoms with Crippen molar-refractivity contribution < 1.29 is 19.7 Å². The Bertz CT molecular complexity index is 878. The van der Waals surface area contributed by atoms with Crippen molar-refractivity contribution in [2.75, 3.05) is 38.2 Å². The average Bonchev–Trinajstić information content (AvgIpc) is 2.81. The second-order valence-electron chi connectivity index (χ2n) is 8.64. The summed E-state index contributed by atoms with van der Waals surface area (Å²) in [5.41, 5.74) is 1.64. The summed E-state index contributed by atoms with van der Waals surface area (Å²) >= 11 is 1.98. The van der Waals surface area contributed by atoms with Crippen LogP contribution in [0.4, 0.5) is 0 Å². The third-order valence-corrected chi connectivity index (χ3v) is 7.70. The summed E-state index contributed by atoms with van der Waals surface area (Å²) in [4.78, 5) is 18.7. The van der Waals surface area contributed by atoms with Gasteiger partial charge in [0.1, 0.15) is 5.75 Å². The molecule has 1 saturated heterocycles. The number of hydrogen-bond acceptors (Lipinski definition) is 6. The summed E-state index contributed by atoms with van der Waals surface area (Å²) in [5, 5.41) is 21.7. The predicted octanol–water partition coefficient (Wildman–Crippen LogP) is 4.61. The number of likely N-dealkylation sites (tertiary alicyclic amines) is 1. The van der Waals surface area contributed by atoms with Crippen LogP contribution in [0, 0.1) is 11.8 Å². The first-order valence-electron chi connectivity index (χ1n) is 11.7. The lowest BCUT2D eigenvalue weighted by Gasteiger charge is -2.37. The maximum Gasteiger partial charge on any atom is 0.308 e. The molecule has 0 amide bonds. The third kappa shape index (κ3) is 6.59. The lowest BCUT2D eigenvalue weighted by Crippen LogP contribution is -2.44. The number of thioether (sulfide) groups is 1. The van der Waals surface area contributed by atoms with E-state index >= 15 is 0 Å². The van der Waals surface area contributed by atoms with Crippen molar-refractivity contribution in [3.8, 4) is 5.75 Å². The van der Waals surface area contributed by atoms with Crippen LogP contribution in [0.3, 0.4) is 0 Å². The van der Waals surface area contributed by atoms with Gasteiger partial charge in [-0.05, 0) is 92.4 Å². The normalized spacial score (nSPS) is 20.3. The number of carboxylic acid groups (broad SMARTS) is 1. The summed E-state index contributed by atoms with van der Waals surface area (Å²) in [6, 6.07) is 7.50. The van der Waals surface area contributed by atoms with Gasteiger partial charge in [-0.1, -0.05) is 6.92 Å². The van der Waals surface area contributed by atoms with E-state index in [-0.39, 0.29) is 11.8 Å². The van der Waals surface area contributed by atoms with Crippen molar-refractivity contribution >= 4 is 28.6 Å². The molecule has 3 rings (SSSR count). The van der Waals surface area contributed by atoms with Crippen LogP contribution in [-0.4, -0.2) is 64.3 Å². The largest absolute Gasteiger partial charge is 0.497 e. The summed E-state index contributed by atoms with van der Waals surface area (Å²) in [6.45, 7) is 4.73. The van der Waals surface area contributed by atoms with Gasteiger partial charge in [0.2, 0.25) is 0 Å². The summed E-state index contributed by atoms with van der Waals surface area (Å²) < 4.78 is 5.33. The molecule has 1 aromatic carbocycles. The molecule has 1 unspecified atom stereocenters. The first kappa shape index (κ1) is 24.8. The Morgan fingerprint density at radius 2 is 2.19 bits per heavy atom. The Kier molecular flexibility index (Phi) is 9.63. The number of piperidine rings is 1. The molecule has 3 atom stereocenters. The Labute approximate surface area is 195 Å². The number of ether oxygens (including phenoxy) is 1. The minimum Gasteiger partial charge on any atom is -0.497 e. The number of aromatic nitrogens is 1. The molecule has 7 heteroatoms. The molecule has 1 fully saturated rings. The van der Waals surface area contributed by atoms with Crippen LogP contribution in [0.25, 0.3) is 10.9 Å². The van der Waals surface area contributed by atoms with Crippen molar-refractivity contribution in [3.05, 3.63) is 36.0 Å². The van der Waals surface area contributed by atoms with Crippen LogP contribution < -0.4 is 4.74 Å². The number of benzene rings is 1. The predicted molar refractivity (Wildman–Crippen MR) is 130 cm³/mol. The maximum atomic E-state index is 12.0. The van der Waals surface area contributed by atoms with Crippen molar-refractivity contribution in [1.29, 1.82) is 0 Å². The van der Waals surface area contributed by atoms with Gasteiger partial charge in [0.05, 0.1) is 24.6 Å². The molecule has 1 aliphatic heterocycles. The van der Waals surface area contributed by atoms with Gasteiger partial charge in [0.25, 0.3) is 0 Å². The smallest absolute Gasteiger partial charge is 0.308 e. The van der Waals surface area contributed by atoms with Gasteiger partial charge in [-0.15, -0.1) is 0 Å². The van der Waals surface area contributed by atoms with Crippen LogP contribution in [0.5, 0.6) is 5.75 Å². The van der Waals surface area contributed by atoms with E-state index in [1.54, 1.807) is 13.3 Å². The molecular weight excluding hydrogens is 424 g/mol. The number of aliphatic hydroxyl groups excluding tert-OH is 1. The van der Waals surface area contributed by atoms with E-state index in [9.17, 15) is 15.0 Å². The second-order valence-corrected chi connectivity index (χ2v) is 9.86. The zero-order chi connectivity index (χ0) is 22.9. The van der Waals surface area contributed by atoms with E-state index in [4.69, 9.17) is 4.74 Å². The number of rotatable bonds is 12. The second kappa shape index (κ2) is 12.4. The fourth-order valence-corrected chi connectivity index (χ4v) is 5.45. The number of carbonyl (C=O) groups is 1. The van der Waals surface area contributed by atoms with Crippen molar-refractivity contribution in [1.82, 2.24) is 9.88 Å². The first-order valence-corrected chi connectivity index (χ1v) is 12.8. The highest BCUT2D eigenvalue weighted by Crippen LogP contribution is 2.33. The molecule has 6 nitrogen and oxygen atoms in total. The average molecular weight is 461 g/mol. The van der Waals surface area contributed by atoms with Crippen molar-refractivity contribution in [3.63, 3.8) is 0 Å². The van der Waals surface area contributed by atoms with Gasteiger partial charge < -0.3 is 19.8 Å². The quantitative estimate of drug-likeness (QED) is 0.448. The Hall–Kier alpha value is -1.83. The molecule has 0 spiro atoms. The summed E-state index contributed by atoms with van der Waals surface area (Å²) in [7, 11) is 1.62. The minimum absolute atomic E-state index is 0.0931. The fourth-order valence-electron chi connectivity index (χ4n) is 4.62. The molecule has 2 aromatic rings. The molecule has 2 heterocycles. The lowest BCUT2D eigenvalue weighted by molar-refractivity contribution is -0.146. The molecule has 1 aliphatic rings. The molecule has 1 aromatic heterocycles. The van der Waals surface area contributed by atoms with Crippen molar-refractivity contribution in [2.45, 2.75) is 45.1 Å². The van der Waals surface area contributed by atoms with Crippen LogP contribution in [0.15, 0.2) is 30.5 Å². The Morgan fingerprint density at radius 1 is 1.34 bits per heavy atom. The van der Waals surface area contributed by atoms with Gasteiger partial charge in [-0.2, -0.15) is 11.8 Å². The van der Waals surface area contributed by atoms with Gasteiger partial charge >= 0.3 is 5.97 Å². The highest BCUT2D eigenvalue weighted by Gasteiger charge is 2.34. The van der Waals surface area contributed by atoms with Crippen LogP contribution in [-0.2, 0) is 4.79 Å². The summed E-state index contributed by atoms with van der Waals surface area (Å²) in [6.07, 6.45) is 5.48. The zero-order valence-corrected chi connectivity index (χ0v) is 20.0. The molecule has 2 N–H and O–H groups in total. The molecular formula is C25H36N2O4S. The van der Waals surface area contributed by atoms with E-state index in [1.165, 1.54) is 12.2 Å². The highest BCUT2D eigenvalue weighted by atomic mass is 32.2. The molecule has 0 radical (unpaired) electrons. The number of methoxy groups -OCH3 is 1. The van der Waals surface area contributed by atoms with Crippen LogP contribution >= 0.6 is 11.8 Å². The highest BCUT2D eigenvalue weighted by molar-refractivity contribution is 7.99.